The molecule has 4 amide bonds. The van der Waals surface area contributed by atoms with E-state index in [9.17, 15) is 19.2 Å². The van der Waals surface area contributed by atoms with Crippen LogP contribution in [-0.2, 0) is 19.1 Å². The summed E-state index contributed by atoms with van der Waals surface area (Å²) in [4.78, 5) is 49.3. The zero-order valence-corrected chi connectivity index (χ0v) is 15.6. The van der Waals surface area contributed by atoms with Crippen molar-refractivity contribution in [2.24, 2.45) is 5.92 Å². The van der Waals surface area contributed by atoms with Gasteiger partial charge in [-0.15, -0.1) is 0 Å². The van der Waals surface area contributed by atoms with Crippen LogP contribution in [0.1, 0.15) is 19.3 Å². The number of fused-ring (bicyclic) bond motifs is 1. The Morgan fingerprint density at radius 2 is 1.90 bits per heavy atom. The van der Waals surface area contributed by atoms with E-state index in [4.69, 9.17) is 14.2 Å². The van der Waals surface area contributed by atoms with Crippen molar-refractivity contribution in [1.82, 2.24) is 10.6 Å². The summed E-state index contributed by atoms with van der Waals surface area (Å²) in [5, 5.41) is 4.70. The highest BCUT2D eigenvalue weighted by Gasteiger charge is 2.37. The van der Waals surface area contributed by atoms with Crippen LogP contribution in [0.25, 0.3) is 0 Å². The van der Waals surface area contributed by atoms with Crippen LogP contribution in [0, 0.1) is 5.92 Å². The molecule has 1 saturated carbocycles. The van der Waals surface area contributed by atoms with Crippen LogP contribution < -0.4 is 25.0 Å². The second-order valence-electron chi connectivity index (χ2n) is 7.14. The van der Waals surface area contributed by atoms with Crippen molar-refractivity contribution in [3.05, 3.63) is 18.2 Å². The summed E-state index contributed by atoms with van der Waals surface area (Å²) in [7, 11) is 0. The lowest BCUT2D eigenvalue weighted by molar-refractivity contribution is -0.152. The van der Waals surface area contributed by atoms with Crippen LogP contribution in [-0.4, -0.2) is 56.2 Å². The van der Waals surface area contributed by atoms with Gasteiger partial charge in [0.05, 0.1) is 5.92 Å². The van der Waals surface area contributed by atoms with Crippen molar-refractivity contribution < 1.29 is 33.4 Å². The highest BCUT2D eigenvalue weighted by Crippen LogP contribution is 2.36. The van der Waals surface area contributed by atoms with Crippen LogP contribution >= 0.6 is 0 Å². The van der Waals surface area contributed by atoms with Crippen molar-refractivity contribution in [3.8, 4) is 11.5 Å². The molecular formula is C19H21N3O7. The van der Waals surface area contributed by atoms with Gasteiger partial charge in [-0.1, -0.05) is 0 Å². The van der Waals surface area contributed by atoms with E-state index in [1.165, 1.54) is 4.90 Å². The second-order valence-corrected chi connectivity index (χ2v) is 7.14. The molecule has 154 valence electrons. The summed E-state index contributed by atoms with van der Waals surface area (Å²) < 4.78 is 16.0. The highest BCUT2D eigenvalue weighted by molar-refractivity contribution is 6.00. The van der Waals surface area contributed by atoms with Crippen LogP contribution in [0.3, 0.4) is 0 Å². The van der Waals surface area contributed by atoms with E-state index in [1.54, 1.807) is 18.2 Å². The van der Waals surface area contributed by atoms with Crippen molar-refractivity contribution in [2.45, 2.75) is 25.3 Å². The molecule has 2 aliphatic heterocycles. The average Bonchev–Trinajstić information content (AvgIpc) is 3.43. The zero-order chi connectivity index (χ0) is 20.4. The minimum atomic E-state index is -0.718. The molecule has 2 heterocycles. The first kappa shape index (κ1) is 19.0. The smallest absolute Gasteiger partial charge is 0.321 e. The molecule has 0 aromatic heterocycles. The third-order valence-corrected chi connectivity index (χ3v) is 4.81. The largest absolute Gasteiger partial charge is 0.486 e. The Morgan fingerprint density at radius 1 is 1.14 bits per heavy atom. The van der Waals surface area contributed by atoms with Crippen molar-refractivity contribution in [3.63, 3.8) is 0 Å². The van der Waals surface area contributed by atoms with Crippen molar-refractivity contribution in [2.75, 3.05) is 31.3 Å². The molecule has 1 saturated heterocycles. The summed E-state index contributed by atoms with van der Waals surface area (Å²) in [5.74, 6) is -1.13. The van der Waals surface area contributed by atoms with Gasteiger partial charge in [0, 0.05) is 30.8 Å². The number of imide groups is 1. The average molecular weight is 403 g/mol. The van der Waals surface area contributed by atoms with E-state index < -0.39 is 30.4 Å². The number of rotatable bonds is 5. The molecule has 2 fully saturated rings. The molecule has 0 spiro atoms. The van der Waals surface area contributed by atoms with Crippen LogP contribution in [0.5, 0.6) is 11.5 Å². The Hall–Kier alpha value is -3.30. The molecule has 0 radical (unpaired) electrons. The van der Waals surface area contributed by atoms with Crippen LogP contribution in [0.15, 0.2) is 18.2 Å². The minimum Gasteiger partial charge on any atom is -0.486 e. The maximum atomic E-state index is 12.4. The van der Waals surface area contributed by atoms with E-state index in [0.29, 0.717) is 30.4 Å². The summed E-state index contributed by atoms with van der Waals surface area (Å²) in [6, 6.07) is 4.66. The van der Waals surface area contributed by atoms with Gasteiger partial charge in [0.15, 0.2) is 18.1 Å². The van der Waals surface area contributed by atoms with E-state index in [0.717, 1.165) is 12.8 Å². The maximum Gasteiger partial charge on any atom is 0.321 e. The third-order valence-electron chi connectivity index (χ3n) is 4.81. The molecule has 4 rings (SSSR count). The molecule has 10 heteroatoms. The summed E-state index contributed by atoms with van der Waals surface area (Å²) in [6.07, 6.45) is 1.77. The number of urea groups is 1. The lowest BCUT2D eigenvalue weighted by Crippen LogP contribution is -2.42. The molecule has 1 atom stereocenters. The Balaban J connectivity index is 1.28. The summed E-state index contributed by atoms with van der Waals surface area (Å²) >= 11 is 0. The van der Waals surface area contributed by atoms with E-state index in [2.05, 4.69) is 10.6 Å². The third kappa shape index (κ3) is 4.58. The van der Waals surface area contributed by atoms with Gasteiger partial charge in [0.2, 0.25) is 5.91 Å². The Labute approximate surface area is 166 Å². The summed E-state index contributed by atoms with van der Waals surface area (Å²) in [5.41, 5.74) is 0.601. The Morgan fingerprint density at radius 3 is 2.66 bits per heavy atom. The molecular weight excluding hydrogens is 382 g/mol. The van der Waals surface area contributed by atoms with E-state index in [-0.39, 0.29) is 24.9 Å². The van der Waals surface area contributed by atoms with Crippen LogP contribution in [0.2, 0.25) is 0 Å². The predicted molar refractivity (Wildman–Crippen MR) is 98.5 cm³/mol. The molecule has 1 aromatic rings. The number of carbonyl (C=O) groups is 4. The number of ether oxygens (including phenoxy) is 3. The molecule has 2 N–H and O–H groups in total. The first-order valence-corrected chi connectivity index (χ1v) is 9.46. The van der Waals surface area contributed by atoms with Gasteiger partial charge in [-0.3, -0.25) is 19.7 Å². The van der Waals surface area contributed by atoms with Gasteiger partial charge in [0.25, 0.3) is 5.91 Å². The monoisotopic (exact) mass is 403 g/mol. The lowest BCUT2D eigenvalue weighted by Gasteiger charge is -2.22. The molecule has 1 aliphatic carbocycles. The van der Waals surface area contributed by atoms with E-state index >= 15 is 0 Å². The Kier molecular flexibility index (Phi) is 5.24. The minimum absolute atomic E-state index is 0.0168. The fourth-order valence-electron chi connectivity index (χ4n) is 3.18. The summed E-state index contributed by atoms with van der Waals surface area (Å²) in [6.45, 7) is 0.464. The SMILES string of the molecule is O=C(COC(=O)[C@H]1CC(=O)N(c2ccc3c(c2)OCCO3)C1)NC(=O)NC1CC1. The number of anilines is 1. The number of benzene rings is 1. The maximum absolute atomic E-state index is 12.4. The quantitative estimate of drug-likeness (QED) is 0.680. The number of nitrogens with one attached hydrogen (secondary N) is 2. The van der Waals surface area contributed by atoms with Gasteiger partial charge >= 0.3 is 12.0 Å². The second kappa shape index (κ2) is 7.98. The number of nitrogens with zero attached hydrogens (tertiary/aromatic N) is 1. The lowest BCUT2D eigenvalue weighted by atomic mass is 10.1. The Bertz CT molecular complexity index is 852. The van der Waals surface area contributed by atoms with Gasteiger partial charge < -0.3 is 24.4 Å². The zero-order valence-electron chi connectivity index (χ0n) is 15.6. The first-order valence-electron chi connectivity index (χ1n) is 9.46. The van der Waals surface area contributed by atoms with Crippen LogP contribution in [0.4, 0.5) is 10.5 Å². The van der Waals surface area contributed by atoms with E-state index in [1.807, 2.05) is 0 Å². The standard InChI is InChI=1S/C19H21N3O7/c23-16(21-19(26)20-12-1-2-12)10-29-18(25)11-7-17(24)22(9-11)13-3-4-14-15(8-13)28-6-5-27-14/h3-4,8,11-12H,1-2,5-7,9-10H2,(H2,20,21,23,26)/t11-/m0/s1. The van der Waals surface area contributed by atoms with Gasteiger partial charge in [-0.2, -0.15) is 0 Å². The topological polar surface area (TPSA) is 123 Å². The van der Waals surface area contributed by atoms with Crippen molar-refractivity contribution in [1.29, 1.82) is 0 Å². The van der Waals surface area contributed by atoms with Gasteiger partial charge in [0.1, 0.15) is 13.2 Å². The highest BCUT2D eigenvalue weighted by atomic mass is 16.6. The fourth-order valence-corrected chi connectivity index (χ4v) is 3.18. The molecule has 1 aromatic carbocycles. The van der Waals surface area contributed by atoms with Gasteiger partial charge in [-0.25, -0.2) is 4.79 Å². The molecule has 10 nitrogen and oxygen atoms in total. The molecule has 29 heavy (non-hydrogen) atoms. The number of esters is 1. The first-order chi connectivity index (χ1) is 14.0. The molecule has 0 unspecified atom stereocenters. The number of hydrogen-bond donors (Lipinski definition) is 2. The number of amides is 4. The number of hydrogen-bond acceptors (Lipinski definition) is 7. The number of carbonyl (C=O) groups excluding carboxylic acids is 4. The normalized spacial score (nSPS) is 20.2. The fraction of sp³-hybridized carbons (Fsp3) is 0.474. The molecule has 0 bridgehead atoms. The molecule has 3 aliphatic rings. The van der Waals surface area contributed by atoms with Gasteiger partial charge in [-0.05, 0) is 25.0 Å². The van der Waals surface area contributed by atoms with Crippen molar-refractivity contribution >= 4 is 29.5 Å². The predicted octanol–water partition coefficient (Wildman–Crippen LogP) is 0.342.